The number of benzene rings is 1. The van der Waals surface area contributed by atoms with E-state index in [2.05, 4.69) is 17.9 Å². The highest BCUT2D eigenvalue weighted by atomic mass is 16.6. The Morgan fingerprint density at radius 3 is 2.25 bits per heavy atom. The van der Waals surface area contributed by atoms with E-state index in [0.29, 0.717) is 5.56 Å². The first-order valence-corrected chi connectivity index (χ1v) is 4.69. The van der Waals surface area contributed by atoms with Crippen molar-refractivity contribution in [1.82, 2.24) is 0 Å². The zero-order valence-electron chi connectivity index (χ0n) is 9.03. The lowest BCUT2D eigenvalue weighted by Crippen LogP contribution is -2.12. The predicted molar refractivity (Wildman–Crippen MR) is 61.8 cm³/mol. The van der Waals surface area contributed by atoms with Crippen LogP contribution < -0.4 is 0 Å². The summed E-state index contributed by atoms with van der Waals surface area (Å²) in [5, 5.41) is 0. The summed E-state index contributed by atoms with van der Waals surface area (Å²) in [5.74, 6) is -1.39. The van der Waals surface area contributed by atoms with Gasteiger partial charge in [0.1, 0.15) is 0 Å². The largest absolute Gasteiger partial charge is 0.386 e. The Hall–Kier alpha value is -2.16. The predicted octanol–water partition coefficient (Wildman–Crippen LogP) is 2.59. The minimum Gasteiger partial charge on any atom is -0.386 e. The monoisotopic (exact) mass is 216 g/mol. The molecule has 0 saturated heterocycles. The van der Waals surface area contributed by atoms with Gasteiger partial charge in [0.05, 0.1) is 5.56 Å². The maximum Gasteiger partial charge on any atom is 0.346 e. The summed E-state index contributed by atoms with van der Waals surface area (Å²) in [6.45, 7) is 8.47. The third-order valence-corrected chi connectivity index (χ3v) is 1.92. The fourth-order valence-corrected chi connectivity index (χ4v) is 0.986. The van der Waals surface area contributed by atoms with E-state index in [9.17, 15) is 9.59 Å². The molecule has 0 N–H and O–H groups in total. The van der Waals surface area contributed by atoms with Gasteiger partial charge >= 0.3 is 11.9 Å². The van der Waals surface area contributed by atoms with Crippen LogP contribution in [0.5, 0.6) is 0 Å². The van der Waals surface area contributed by atoms with Crippen molar-refractivity contribution < 1.29 is 14.3 Å². The van der Waals surface area contributed by atoms with Crippen LogP contribution in [0.25, 0.3) is 6.08 Å². The minimum absolute atomic E-state index is 0.191. The van der Waals surface area contributed by atoms with Gasteiger partial charge in [0.25, 0.3) is 0 Å². The van der Waals surface area contributed by atoms with E-state index in [1.807, 2.05) is 0 Å². The lowest BCUT2D eigenvalue weighted by atomic mass is 10.1. The average Bonchev–Trinajstić information content (AvgIpc) is 2.28. The van der Waals surface area contributed by atoms with Crippen LogP contribution in [0.1, 0.15) is 22.8 Å². The van der Waals surface area contributed by atoms with Crippen LogP contribution in [-0.4, -0.2) is 11.9 Å². The molecule has 16 heavy (non-hydrogen) atoms. The molecule has 0 fully saturated rings. The molecular formula is C13H12O3. The van der Waals surface area contributed by atoms with Gasteiger partial charge in [-0.05, 0) is 24.6 Å². The average molecular weight is 216 g/mol. The summed E-state index contributed by atoms with van der Waals surface area (Å²) in [7, 11) is 0. The SMILES string of the molecule is C=Cc1ccc(C(=O)OC(=O)C(=C)C)cc1. The highest BCUT2D eigenvalue weighted by Crippen LogP contribution is 2.07. The van der Waals surface area contributed by atoms with Gasteiger partial charge in [-0.15, -0.1) is 0 Å². The Labute approximate surface area is 94.0 Å². The summed E-state index contributed by atoms with van der Waals surface area (Å²) in [6.07, 6.45) is 1.66. The molecule has 0 radical (unpaired) electrons. The van der Waals surface area contributed by atoms with Crippen molar-refractivity contribution in [1.29, 1.82) is 0 Å². The molecule has 0 unspecified atom stereocenters. The molecule has 1 rings (SSSR count). The Balaban J connectivity index is 2.77. The van der Waals surface area contributed by atoms with Gasteiger partial charge in [0.2, 0.25) is 0 Å². The third kappa shape index (κ3) is 2.92. The van der Waals surface area contributed by atoms with E-state index >= 15 is 0 Å². The molecule has 1 aromatic carbocycles. The van der Waals surface area contributed by atoms with Crippen molar-refractivity contribution in [2.75, 3.05) is 0 Å². The molecule has 0 aliphatic carbocycles. The third-order valence-electron chi connectivity index (χ3n) is 1.92. The minimum atomic E-state index is -0.710. The van der Waals surface area contributed by atoms with Gasteiger partial charge in [-0.2, -0.15) is 0 Å². The second-order valence-electron chi connectivity index (χ2n) is 3.28. The molecule has 0 spiro atoms. The molecule has 3 heteroatoms. The summed E-state index contributed by atoms with van der Waals surface area (Å²) in [4.78, 5) is 22.5. The Morgan fingerprint density at radius 2 is 1.81 bits per heavy atom. The van der Waals surface area contributed by atoms with Gasteiger partial charge in [0, 0.05) is 5.57 Å². The molecule has 0 aromatic heterocycles. The zero-order valence-corrected chi connectivity index (χ0v) is 9.03. The van der Waals surface area contributed by atoms with Crippen molar-refractivity contribution in [2.45, 2.75) is 6.92 Å². The van der Waals surface area contributed by atoms with Crippen LogP contribution in [0.4, 0.5) is 0 Å². The number of hydrogen-bond donors (Lipinski definition) is 0. The van der Waals surface area contributed by atoms with Crippen LogP contribution in [0, 0.1) is 0 Å². The second kappa shape index (κ2) is 5.07. The van der Waals surface area contributed by atoms with E-state index in [4.69, 9.17) is 0 Å². The molecule has 0 heterocycles. The van der Waals surface area contributed by atoms with Crippen LogP contribution >= 0.6 is 0 Å². The topological polar surface area (TPSA) is 43.4 Å². The van der Waals surface area contributed by atoms with Crippen molar-refractivity contribution in [3.63, 3.8) is 0 Å². The number of carbonyl (C=O) groups is 2. The van der Waals surface area contributed by atoms with Crippen LogP contribution in [0.15, 0.2) is 43.0 Å². The number of hydrogen-bond acceptors (Lipinski definition) is 3. The first-order valence-electron chi connectivity index (χ1n) is 4.69. The molecule has 82 valence electrons. The highest BCUT2D eigenvalue weighted by Gasteiger charge is 2.12. The van der Waals surface area contributed by atoms with Crippen molar-refractivity contribution in [2.24, 2.45) is 0 Å². The first-order chi connectivity index (χ1) is 7.54. The van der Waals surface area contributed by atoms with Gasteiger partial charge in [-0.25, -0.2) is 9.59 Å². The van der Waals surface area contributed by atoms with Crippen LogP contribution in [0.2, 0.25) is 0 Å². The standard InChI is InChI=1S/C13H12O3/c1-4-10-5-7-11(8-6-10)13(15)16-12(14)9(2)3/h4-8H,1-2H2,3H3. The zero-order chi connectivity index (χ0) is 12.1. The van der Waals surface area contributed by atoms with Crippen LogP contribution in [0.3, 0.4) is 0 Å². The lowest BCUT2D eigenvalue weighted by molar-refractivity contribution is -0.133. The fraction of sp³-hybridized carbons (Fsp3) is 0.0769. The van der Waals surface area contributed by atoms with Gasteiger partial charge in [0.15, 0.2) is 0 Å². The number of carbonyl (C=O) groups excluding carboxylic acids is 2. The summed E-state index contributed by atoms with van der Waals surface area (Å²) in [6, 6.07) is 6.58. The molecule has 0 aliphatic heterocycles. The van der Waals surface area contributed by atoms with E-state index in [1.54, 1.807) is 30.3 Å². The normalized spacial score (nSPS) is 9.31. The molecule has 3 nitrogen and oxygen atoms in total. The van der Waals surface area contributed by atoms with Gasteiger partial charge in [-0.3, -0.25) is 0 Å². The Bertz CT molecular complexity index is 441. The van der Waals surface area contributed by atoms with E-state index in [1.165, 1.54) is 6.92 Å². The number of ether oxygens (including phenoxy) is 1. The molecule has 0 amide bonds. The summed E-state index contributed by atoms with van der Waals surface area (Å²) < 4.78 is 4.57. The molecule has 1 aromatic rings. The van der Waals surface area contributed by atoms with Crippen molar-refractivity contribution in [3.8, 4) is 0 Å². The second-order valence-corrected chi connectivity index (χ2v) is 3.28. The number of rotatable bonds is 3. The molecule has 0 atom stereocenters. The van der Waals surface area contributed by atoms with Gasteiger partial charge < -0.3 is 4.74 Å². The lowest BCUT2D eigenvalue weighted by Gasteiger charge is -2.02. The first kappa shape index (κ1) is 11.9. The molecule has 0 saturated carbocycles. The van der Waals surface area contributed by atoms with E-state index in [0.717, 1.165) is 5.56 Å². The van der Waals surface area contributed by atoms with E-state index < -0.39 is 11.9 Å². The number of esters is 2. The highest BCUT2D eigenvalue weighted by molar-refractivity contribution is 6.01. The fourth-order valence-electron chi connectivity index (χ4n) is 0.986. The maximum atomic E-state index is 11.4. The maximum absolute atomic E-state index is 11.4. The van der Waals surface area contributed by atoms with Crippen molar-refractivity contribution >= 4 is 18.0 Å². The molecular weight excluding hydrogens is 204 g/mol. The molecule has 0 bridgehead atoms. The Morgan fingerprint density at radius 1 is 1.25 bits per heavy atom. The quantitative estimate of drug-likeness (QED) is 0.443. The summed E-state index contributed by atoms with van der Waals surface area (Å²) >= 11 is 0. The van der Waals surface area contributed by atoms with E-state index in [-0.39, 0.29) is 5.57 Å². The van der Waals surface area contributed by atoms with Crippen LogP contribution in [-0.2, 0) is 9.53 Å². The van der Waals surface area contributed by atoms with Gasteiger partial charge in [-0.1, -0.05) is 31.4 Å². The summed E-state index contributed by atoms with van der Waals surface area (Å²) in [5.41, 5.74) is 1.40. The van der Waals surface area contributed by atoms with Crippen molar-refractivity contribution in [3.05, 3.63) is 54.1 Å². The molecule has 0 aliphatic rings. The smallest absolute Gasteiger partial charge is 0.346 e. The Kier molecular flexibility index (Phi) is 3.78.